The van der Waals surface area contributed by atoms with Gasteiger partial charge in [0.05, 0.1) is 5.69 Å². The van der Waals surface area contributed by atoms with Crippen LogP contribution in [0.3, 0.4) is 0 Å². The Hall–Kier alpha value is -0.410. The fourth-order valence-electron chi connectivity index (χ4n) is 1.63. The zero-order valence-corrected chi connectivity index (χ0v) is 9.87. The van der Waals surface area contributed by atoms with Gasteiger partial charge in [-0.1, -0.05) is 11.6 Å². The van der Waals surface area contributed by atoms with E-state index in [-0.39, 0.29) is 5.82 Å². The summed E-state index contributed by atoms with van der Waals surface area (Å²) in [7, 11) is 0. The first kappa shape index (κ1) is 11.1. The average Bonchev–Trinajstić information content (AvgIpc) is 2.72. The molecule has 1 fully saturated rings. The first-order valence-corrected chi connectivity index (χ1v) is 6.55. The van der Waals surface area contributed by atoms with Gasteiger partial charge in [0.2, 0.25) is 0 Å². The molecule has 1 aromatic rings. The molecule has 0 amide bonds. The number of anilines is 1. The van der Waals surface area contributed by atoms with Crippen molar-refractivity contribution < 1.29 is 4.39 Å². The average molecular weight is 246 g/mol. The normalized spacial score (nSPS) is 20.5. The van der Waals surface area contributed by atoms with E-state index in [0.29, 0.717) is 16.6 Å². The van der Waals surface area contributed by atoms with E-state index in [1.807, 2.05) is 11.8 Å². The van der Waals surface area contributed by atoms with Crippen LogP contribution in [0.15, 0.2) is 18.2 Å². The summed E-state index contributed by atoms with van der Waals surface area (Å²) < 4.78 is 13.3. The number of benzene rings is 1. The highest BCUT2D eigenvalue weighted by Crippen LogP contribution is 2.25. The predicted molar refractivity (Wildman–Crippen MR) is 65.3 cm³/mol. The molecule has 0 aromatic heterocycles. The van der Waals surface area contributed by atoms with Crippen LogP contribution in [0.4, 0.5) is 10.1 Å². The molecule has 0 saturated carbocycles. The smallest absolute Gasteiger partial charge is 0.146 e. The Morgan fingerprint density at radius 2 is 2.40 bits per heavy atom. The van der Waals surface area contributed by atoms with Crippen molar-refractivity contribution in [2.45, 2.75) is 6.42 Å². The monoisotopic (exact) mass is 245 g/mol. The second-order valence-electron chi connectivity index (χ2n) is 3.73. The zero-order valence-electron chi connectivity index (χ0n) is 8.30. The van der Waals surface area contributed by atoms with Gasteiger partial charge in [-0.25, -0.2) is 4.39 Å². The van der Waals surface area contributed by atoms with Crippen molar-refractivity contribution in [1.29, 1.82) is 0 Å². The minimum absolute atomic E-state index is 0.231. The lowest BCUT2D eigenvalue weighted by Crippen LogP contribution is -2.14. The molecule has 0 bridgehead atoms. The molecule has 82 valence electrons. The Bertz CT molecular complexity index is 339. The van der Waals surface area contributed by atoms with Crippen molar-refractivity contribution in [1.82, 2.24) is 0 Å². The third-order valence-electron chi connectivity index (χ3n) is 2.53. The van der Waals surface area contributed by atoms with Gasteiger partial charge >= 0.3 is 0 Å². The van der Waals surface area contributed by atoms with Crippen molar-refractivity contribution in [2.24, 2.45) is 5.92 Å². The minimum atomic E-state index is -0.231. The first-order valence-electron chi connectivity index (χ1n) is 5.02. The van der Waals surface area contributed by atoms with E-state index >= 15 is 0 Å². The van der Waals surface area contributed by atoms with Crippen LogP contribution in [-0.2, 0) is 0 Å². The summed E-state index contributed by atoms with van der Waals surface area (Å²) in [6.45, 7) is 0.838. The molecule has 1 atom stereocenters. The largest absolute Gasteiger partial charge is 0.382 e. The number of halogens is 2. The molecule has 1 aliphatic rings. The summed E-state index contributed by atoms with van der Waals surface area (Å²) in [5.41, 5.74) is 0.513. The quantitative estimate of drug-likeness (QED) is 0.873. The topological polar surface area (TPSA) is 12.0 Å². The van der Waals surface area contributed by atoms with Gasteiger partial charge in [-0.2, -0.15) is 11.8 Å². The lowest BCUT2D eigenvalue weighted by Gasteiger charge is -2.12. The summed E-state index contributed by atoms with van der Waals surface area (Å²) in [5, 5.41) is 3.69. The summed E-state index contributed by atoms with van der Waals surface area (Å²) in [6, 6.07) is 4.60. The Kier molecular flexibility index (Phi) is 3.76. The van der Waals surface area contributed by atoms with Gasteiger partial charge in [0.25, 0.3) is 0 Å². The SMILES string of the molecule is Fc1ccc(Cl)cc1NCC1CCSC1. The second kappa shape index (κ2) is 5.08. The van der Waals surface area contributed by atoms with E-state index in [2.05, 4.69) is 5.32 Å². The third kappa shape index (κ3) is 3.02. The van der Waals surface area contributed by atoms with E-state index in [0.717, 1.165) is 6.54 Å². The third-order valence-corrected chi connectivity index (χ3v) is 4.00. The van der Waals surface area contributed by atoms with Crippen LogP contribution in [0.1, 0.15) is 6.42 Å². The van der Waals surface area contributed by atoms with Gasteiger partial charge in [0, 0.05) is 11.6 Å². The molecule has 1 heterocycles. The van der Waals surface area contributed by atoms with Crippen LogP contribution in [0.5, 0.6) is 0 Å². The van der Waals surface area contributed by atoms with Crippen LogP contribution in [-0.4, -0.2) is 18.1 Å². The molecule has 0 radical (unpaired) electrons. The van der Waals surface area contributed by atoms with Crippen LogP contribution in [0, 0.1) is 11.7 Å². The molecule has 1 unspecified atom stereocenters. The molecule has 2 rings (SSSR count). The number of hydrogen-bond donors (Lipinski definition) is 1. The lowest BCUT2D eigenvalue weighted by atomic mass is 10.1. The predicted octanol–water partition coefficient (Wildman–Crippen LogP) is 3.64. The van der Waals surface area contributed by atoms with Crippen LogP contribution >= 0.6 is 23.4 Å². The highest BCUT2D eigenvalue weighted by atomic mass is 35.5. The van der Waals surface area contributed by atoms with Crippen molar-refractivity contribution in [3.8, 4) is 0 Å². The van der Waals surface area contributed by atoms with Gasteiger partial charge in [0.1, 0.15) is 5.82 Å². The van der Waals surface area contributed by atoms with E-state index < -0.39 is 0 Å². The molecule has 1 aromatic carbocycles. The van der Waals surface area contributed by atoms with Crippen LogP contribution in [0.2, 0.25) is 5.02 Å². The molecule has 15 heavy (non-hydrogen) atoms. The molecule has 1 aliphatic heterocycles. The summed E-state index contributed by atoms with van der Waals surface area (Å²) in [4.78, 5) is 0. The number of hydrogen-bond acceptors (Lipinski definition) is 2. The number of nitrogens with one attached hydrogen (secondary N) is 1. The fraction of sp³-hybridized carbons (Fsp3) is 0.455. The van der Waals surface area contributed by atoms with Gasteiger partial charge in [0.15, 0.2) is 0 Å². The lowest BCUT2D eigenvalue weighted by molar-refractivity contribution is 0.611. The van der Waals surface area contributed by atoms with Gasteiger partial charge in [-0.15, -0.1) is 0 Å². The van der Waals surface area contributed by atoms with Gasteiger partial charge in [-0.3, -0.25) is 0 Å². The molecule has 1 N–H and O–H groups in total. The highest BCUT2D eigenvalue weighted by Gasteiger charge is 2.15. The Morgan fingerprint density at radius 1 is 1.53 bits per heavy atom. The Labute approximate surface area is 98.4 Å². The minimum Gasteiger partial charge on any atom is -0.382 e. The van der Waals surface area contributed by atoms with Gasteiger partial charge in [-0.05, 0) is 42.0 Å². The number of thioether (sulfide) groups is 1. The molecule has 1 saturated heterocycles. The second-order valence-corrected chi connectivity index (χ2v) is 5.32. The Morgan fingerprint density at radius 3 is 3.13 bits per heavy atom. The van der Waals surface area contributed by atoms with Gasteiger partial charge < -0.3 is 5.32 Å². The van der Waals surface area contributed by atoms with Crippen molar-refractivity contribution in [2.75, 3.05) is 23.4 Å². The standard InChI is InChI=1S/C11H13ClFNS/c12-9-1-2-10(13)11(5-9)14-6-8-3-4-15-7-8/h1-2,5,8,14H,3-4,6-7H2. The molecular weight excluding hydrogens is 233 g/mol. The summed E-state index contributed by atoms with van der Waals surface area (Å²) >= 11 is 7.77. The Balaban J connectivity index is 1.94. The maximum absolute atomic E-state index is 13.3. The van der Waals surface area contributed by atoms with Crippen LogP contribution in [0.25, 0.3) is 0 Å². The zero-order chi connectivity index (χ0) is 10.7. The molecule has 0 aliphatic carbocycles. The van der Waals surface area contributed by atoms with E-state index in [1.165, 1.54) is 24.0 Å². The molecule has 1 nitrogen and oxygen atoms in total. The highest BCUT2D eigenvalue weighted by molar-refractivity contribution is 7.99. The van der Waals surface area contributed by atoms with Crippen molar-refractivity contribution in [3.63, 3.8) is 0 Å². The first-order chi connectivity index (χ1) is 7.25. The van der Waals surface area contributed by atoms with Crippen molar-refractivity contribution in [3.05, 3.63) is 29.0 Å². The van der Waals surface area contributed by atoms with Crippen molar-refractivity contribution >= 4 is 29.1 Å². The van der Waals surface area contributed by atoms with E-state index in [9.17, 15) is 4.39 Å². The van der Waals surface area contributed by atoms with E-state index in [1.54, 1.807) is 12.1 Å². The fourth-order valence-corrected chi connectivity index (χ4v) is 3.09. The maximum atomic E-state index is 13.3. The summed E-state index contributed by atoms with van der Waals surface area (Å²) in [6.07, 6.45) is 1.22. The van der Waals surface area contributed by atoms with E-state index in [4.69, 9.17) is 11.6 Å². The molecule has 0 spiro atoms. The molecular formula is C11H13ClFNS. The number of rotatable bonds is 3. The maximum Gasteiger partial charge on any atom is 0.146 e. The summed E-state index contributed by atoms with van der Waals surface area (Å²) in [5.74, 6) is 2.83. The van der Waals surface area contributed by atoms with Crippen LogP contribution < -0.4 is 5.32 Å². The molecule has 4 heteroatoms.